The minimum Gasteiger partial charge on any atom is -0.206 e. The third kappa shape index (κ3) is 3.81. The molecule has 0 aliphatic rings. The van der Waals surface area contributed by atoms with Gasteiger partial charge in [0.2, 0.25) is 0 Å². The molecule has 1 rings (SSSR count). The van der Waals surface area contributed by atoms with Gasteiger partial charge in [-0.1, -0.05) is 34.6 Å². The molecular formula is C17H22N2. The number of benzene rings is 1. The van der Waals surface area contributed by atoms with Gasteiger partial charge in [-0.2, -0.15) is 5.26 Å². The Labute approximate surface area is 116 Å². The van der Waals surface area contributed by atoms with Crippen LogP contribution in [0.4, 0.5) is 5.69 Å². The first-order valence-electron chi connectivity index (χ1n) is 6.87. The van der Waals surface area contributed by atoms with Crippen molar-refractivity contribution in [2.24, 2.45) is 4.99 Å². The Kier molecular flexibility index (Phi) is 5.55. The molecule has 0 aromatic heterocycles. The summed E-state index contributed by atoms with van der Waals surface area (Å²) in [6.07, 6.45) is 2.85. The van der Waals surface area contributed by atoms with Crippen LogP contribution in [0.2, 0.25) is 0 Å². The lowest BCUT2D eigenvalue weighted by Gasteiger charge is -2.16. The number of hydrogen-bond donors (Lipinski definition) is 0. The molecule has 1 aromatic rings. The average molecular weight is 254 g/mol. The van der Waals surface area contributed by atoms with E-state index in [2.05, 4.69) is 51.6 Å². The van der Waals surface area contributed by atoms with Crippen molar-refractivity contribution in [3.05, 3.63) is 34.9 Å². The SMILES string of the molecule is CCC=C=Nc1c(C(C)C)cc(C#N)cc1C(C)C. The van der Waals surface area contributed by atoms with Crippen LogP contribution in [0.1, 0.15) is 69.6 Å². The number of allylic oxidation sites excluding steroid dienone is 1. The molecule has 0 aliphatic carbocycles. The number of nitrogens with zero attached hydrogens (tertiary/aromatic N) is 2. The topological polar surface area (TPSA) is 36.1 Å². The van der Waals surface area contributed by atoms with Crippen molar-refractivity contribution in [1.82, 2.24) is 0 Å². The van der Waals surface area contributed by atoms with Gasteiger partial charge in [-0.25, -0.2) is 4.99 Å². The first kappa shape index (κ1) is 15.2. The standard InChI is InChI=1S/C17H22N2/c1-6-7-8-19-17-15(12(2)3)9-14(11-18)10-16(17)13(4)5/h7,9-10,12-13H,6H2,1-5H3. The quantitative estimate of drug-likeness (QED) is 0.691. The Morgan fingerprint density at radius 3 is 2.05 bits per heavy atom. The first-order chi connectivity index (χ1) is 9.01. The Morgan fingerprint density at radius 2 is 1.68 bits per heavy atom. The molecule has 2 heteroatoms. The Hall–Kier alpha value is -1.84. The highest BCUT2D eigenvalue weighted by Crippen LogP contribution is 2.35. The summed E-state index contributed by atoms with van der Waals surface area (Å²) in [5.74, 6) is 3.68. The van der Waals surface area contributed by atoms with E-state index in [9.17, 15) is 0 Å². The van der Waals surface area contributed by atoms with Crippen LogP contribution >= 0.6 is 0 Å². The molecule has 0 spiro atoms. The maximum absolute atomic E-state index is 9.15. The molecule has 19 heavy (non-hydrogen) atoms. The van der Waals surface area contributed by atoms with E-state index in [4.69, 9.17) is 5.26 Å². The molecule has 0 bridgehead atoms. The fraction of sp³-hybridized carbons (Fsp3) is 0.471. The Bertz CT molecular complexity index is 510. The number of hydrogen-bond acceptors (Lipinski definition) is 2. The predicted molar refractivity (Wildman–Crippen MR) is 81.3 cm³/mol. The van der Waals surface area contributed by atoms with E-state index in [1.807, 2.05) is 18.2 Å². The third-order valence-electron chi connectivity index (χ3n) is 3.01. The molecule has 0 N–H and O–H groups in total. The second-order valence-corrected chi connectivity index (χ2v) is 5.28. The van der Waals surface area contributed by atoms with Gasteiger partial charge < -0.3 is 0 Å². The third-order valence-corrected chi connectivity index (χ3v) is 3.01. The number of rotatable bonds is 4. The van der Waals surface area contributed by atoms with Gasteiger partial charge in [-0.3, -0.25) is 0 Å². The molecule has 0 fully saturated rings. The summed E-state index contributed by atoms with van der Waals surface area (Å²) >= 11 is 0. The van der Waals surface area contributed by atoms with Crippen LogP contribution in [-0.2, 0) is 0 Å². The van der Waals surface area contributed by atoms with E-state index < -0.39 is 0 Å². The zero-order chi connectivity index (χ0) is 14.4. The lowest BCUT2D eigenvalue weighted by molar-refractivity contribution is 0.834. The van der Waals surface area contributed by atoms with Gasteiger partial charge in [0.1, 0.15) is 0 Å². The van der Waals surface area contributed by atoms with Crippen molar-refractivity contribution in [3.63, 3.8) is 0 Å². The lowest BCUT2D eigenvalue weighted by Crippen LogP contribution is -1.97. The molecule has 1 aromatic carbocycles. The zero-order valence-corrected chi connectivity index (χ0v) is 12.5. The lowest BCUT2D eigenvalue weighted by atomic mass is 9.91. The maximum atomic E-state index is 9.15. The summed E-state index contributed by atoms with van der Waals surface area (Å²) < 4.78 is 0. The van der Waals surface area contributed by atoms with Crippen LogP contribution in [0.25, 0.3) is 0 Å². The van der Waals surface area contributed by atoms with Crippen molar-refractivity contribution < 1.29 is 0 Å². The zero-order valence-electron chi connectivity index (χ0n) is 12.5. The summed E-state index contributed by atoms with van der Waals surface area (Å²) in [6.45, 7) is 10.6. The molecule has 0 unspecified atom stereocenters. The van der Waals surface area contributed by atoms with E-state index in [1.165, 1.54) is 0 Å². The van der Waals surface area contributed by atoms with Crippen LogP contribution in [0.15, 0.2) is 23.2 Å². The summed E-state index contributed by atoms with van der Waals surface area (Å²) in [7, 11) is 0. The van der Waals surface area contributed by atoms with Gasteiger partial charge in [0.05, 0.1) is 17.3 Å². The molecule has 0 saturated heterocycles. The predicted octanol–water partition coefficient (Wildman–Crippen LogP) is 5.07. The summed E-state index contributed by atoms with van der Waals surface area (Å²) in [5, 5.41) is 9.15. The molecule has 0 saturated carbocycles. The van der Waals surface area contributed by atoms with Crippen molar-refractivity contribution in [3.8, 4) is 6.07 Å². The van der Waals surface area contributed by atoms with E-state index in [0.717, 1.165) is 23.2 Å². The van der Waals surface area contributed by atoms with Gasteiger partial charge in [0.25, 0.3) is 0 Å². The second kappa shape index (κ2) is 6.92. The highest BCUT2D eigenvalue weighted by atomic mass is 14.7. The van der Waals surface area contributed by atoms with Crippen LogP contribution in [0, 0.1) is 11.3 Å². The molecular weight excluding hydrogens is 232 g/mol. The monoisotopic (exact) mass is 254 g/mol. The van der Waals surface area contributed by atoms with Crippen LogP contribution in [-0.4, -0.2) is 5.87 Å². The molecule has 0 radical (unpaired) electrons. The molecule has 0 aliphatic heterocycles. The van der Waals surface area contributed by atoms with Crippen molar-refractivity contribution in [2.45, 2.75) is 52.9 Å². The summed E-state index contributed by atoms with van der Waals surface area (Å²) in [5.41, 5.74) is 3.94. The van der Waals surface area contributed by atoms with Gasteiger partial charge in [0, 0.05) is 0 Å². The van der Waals surface area contributed by atoms with E-state index in [0.29, 0.717) is 17.4 Å². The van der Waals surface area contributed by atoms with Gasteiger partial charge in [-0.05, 0) is 53.5 Å². The number of nitriles is 1. The van der Waals surface area contributed by atoms with E-state index in [1.54, 1.807) is 0 Å². The second-order valence-electron chi connectivity index (χ2n) is 5.28. The van der Waals surface area contributed by atoms with Gasteiger partial charge >= 0.3 is 0 Å². The average Bonchev–Trinajstić information content (AvgIpc) is 2.38. The first-order valence-corrected chi connectivity index (χ1v) is 6.87. The minimum absolute atomic E-state index is 0.341. The highest BCUT2D eigenvalue weighted by molar-refractivity contribution is 5.66. The minimum atomic E-state index is 0.341. The molecule has 100 valence electrons. The van der Waals surface area contributed by atoms with Gasteiger partial charge in [-0.15, -0.1) is 0 Å². The molecule has 2 nitrogen and oxygen atoms in total. The van der Waals surface area contributed by atoms with Crippen molar-refractivity contribution in [1.29, 1.82) is 5.26 Å². The summed E-state index contributed by atoms with van der Waals surface area (Å²) in [6, 6.07) is 6.14. The van der Waals surface area contributed by atoms with E-state index in [-0.39, 0.29) is 0 Å². The fourth-order valence-electron chi connectivity index (χ4n) is 1.96. The van der Waals surface area contributed by atoms with Crippen molar-refractivity contribution >= 4 is 11.6 Å². The summed E-state index contributed by atoms with van der Waals surface area (Å²) in [4.78, 5) is 4.50. The van der Waals surface area contributed by atoms with E-state index >= 15 is 0 Å². The molecule has 0 heterocycles. The Balaban J connectivity index is 3.55. The number of aliphatic imine (C=N–C) groups is 1. The van der Waals surface area contributed by atoms with Crippen LogP contribution < -0.4 is 0 Å². The van der Waals surface area contributed by atoms with Crippen LogP contribution in [0.5, 0.6) is 0 Å². The molecule has 0 amide bonds. The smallest absolute Gasteiger partial charge is 0.0991 e. The normalized spacial score (nSPS) is 10.2. The Morgan fingerprint density at radius 1 is 1.16 bits per heavy atom. The highest BCUT2D eigenvalue weighted by Gasteiger charge is 2.15. The largest absolute Gasteiger partial charge is 0.206 e. The maximum Gasteiger partial charge on any atom is 0.0991 e. The van der Waals surface area contributed by atoms with Crippen LogP contribution in [0.3, 0.4) is 0 Å². The van der Waals surface area contributed by atoms with Crippen molar-refractivity contribution in [2.75, 3.05) is 0 Å². The van der Waals surface area contributed by atoms with Gasteiger partial charge in [0.15, 0.2) is 0 Å². The molecule has 0 atom stereocenters. The fourth-order valence-corrected chi connectivity index (χ4v) is 1.96.